The van der Waals surface area contributed by atoms with E-state index in [0.717, 1.165) is 53.6 Å². The summed E-state index contributed by atoms with van der Waals surface area (Å²) in [5.41, 5.74) is 2.25. The summed E-state index contributed by atoms with van der Waals surface area (Å²) in [4.78, 5) is 4.32. The zero-order valence-electron chi connectivity index (χ0n) is 13.2. The quantitative estimate of drug-likeness (QED) is 0.808. The van der Waals surface area contributed by atoms with E-state index < -0.39 is 0 Å². The Morgan fingerprint density at radius 2 is 2.17 bits per heavy atom. The van der Waals surface area contributed by atoms with Gasteiger partial charge in [-0.15, -0.1) is 0 Å². The third-order valence-electron chi connectivity index (χ3n) is 4.31. The number of nitrogens with zero attached hydrogens (tertiary/aromatic N) is 3. The molecule has 0 aliphatic carbocycles. The Morgan fingerprint density at radius 3 is 2.96 bits per heavy atom. The average Bonchev–Trinajstić information content (AvgIpc) is 3.02. The van der Waals surface area contributed by atoms with Crippen LogP contribution in [-0.2, 0) is 7.05 Å². The molecular weight excluding hydrogens is 288 g/mol. The highest BCUT2D eigenvalue weighted by Gasteiger charge is 2.16. The highest BCUT2D eigenvalue weighted by Crippen LogP contribution is 2.30. The lowest BCUT2D eigenvalue weighted by Crippen LogP contribution is -2.37. The summed E-state index contributed by atoms with van der Waals surface area (Å²) in [7, 11) is 1.93. The molecule has 0 spiro atoms. The number of nitrogens with one attached hydrogen (secondary N) is 1. The van der Waals surface area contributed by atoms with Gasteiger partial charge in [0.1, 0.15) is 11.9 Å². The van der Waals surface area contributed by atoms with Crippen molar-refractivity contribution in [1.82, 2.24) is 20.1 Å². The molecule has 4 rings (SSSR count). The summed E-state index contributed by atoms with van der Waals surface area (Å²) in [5.74, 6) is 0.863. The van der Waals surface area contributed by atoms with E-state index in [1.54, 1.807) is 0 Å². The second-order valence-corrected chi connectivity index (χ2v) is 6.06. The van der Waals surface area contributed by atoms with Crippen LogP contribution >= 0.6 is 0 Å². The van der Waals surface area contributed by atoms with E-state index in [0.29, 0.717) is 0 Å². The molecule has 0 saturated carbocycles. The van der Waals surface area contributed by atoms with Crippen molar-refractivity contribution in [1.29, 1.82) is 0 Å². The number of hydrogen-bond donors (Lipinski definition) is 1. The molecule has 0 bridgehead atoms. The number of ether oxygens (including phenoxy) is 1. The maximum atomic E-state index is 6.22. The molecule has 5 nitrogen and oxygen atoms in total. The van der Waals surface area contributed by atoms with Gasteiger partial charge in [0.15, 0.2) is 0 Å². The topological polar surface area (TPSA) is 52.0 Å². The molecular formula is C18H20N4O. The lowest BCUT2D eigenvalue weighted by Gasteiger charge is -2.24. The number of fused-ring (bicyclic) bond motifs is 1. The highest BCUT2D eigenvalue weighted by atomic mass is 16.5. The van der Waals surface area contributed by atoms with Crippen molar-refractivity contribution in [3.05, 3.63) is 43.0 Å². The van der Waals surface area contributed by atoms with Crippen molar-refractivity contribution in [2.75, 3.05) is 13.1 Å². The molecule has 0 amide bonds. The molecule has 3 heterocycles. The number of aryl methyl sites for hydroxylation is 1. The molecule has 1 atom stereocenters. The van der Waals surface area contributed by atoms with Crippen LogP contribution in [0.25, 0.3) is 21.9 Å². The van der Waals surface area contributed by atoms with Gasteiger partial charge in [0.25, 0.3) is 0 Å². The van der Waals surface area contributed by atoms with Gasteiger partial charge in [-0.1, -0.05) is 12.1 Å². The van der Waals surface area contributed by atoms with Gasteiger partial charge in [-0.2, -0.15) is 5.10 Å². The van der Waals surface area contributed by atoms with E-state index in [1.165, 1.54) is 0 Å². The highest BCUT2D eigenvalue weighted by molar-refractivity contribution is 5.91. The summed E-state index contributed by atoms with van der Waals surface area (Å²) in [6, 6.07) is 6.36. The Bertz CT molecular complexity index is 821. The Hall–Kier alpha value is -2.40. The standard InChI is InChI=1S/C18H20N4O/c1-22-12-15(9-21-22)13-4-5-14-8-20-11-18(17(14)7-13)23-16-3-2-6-19-10-16/h4-5,7-9,11-12,16,19H,2-3,6,10H2,1H3. The lowest BCUT2D eigenvalue weighted by molar-refractivity contribution is 0.169. The fourth-order valence-corrected chi connectivity index (χ4v) is 3.08. The van der Waals surface area contributed by atoms with Gasteiger partial charge in [0.05, 0.1) is 12.4 Å². The minimum atomic E-state index is 0.221. The Labute approximate surface area is 135 Å². The van der Waals surface area contributed by atoms with Gasteiger partial charge < -0.3 is 10.1 Å². The number of pyridine rings is 1. The smallest absolute Gasteiger partial charge is 0.145 e. The lowest BCUT2D eigenvalue weighted by atomic mass is 10.0. The van der Waals surface area contributed by atoms with E-state index >= 15 is 0 Å². The maximum absolute atomic E-state index is 6.22. The molecule has 118 valence electrons. The van der Waals surface area contributed by atoms with Gasteiger partial charge in [0, 0.05) is 42.3 Å². The van der Waals surface area contributed by atoms with Gasteiger partial charge >= 0.3 is 0 Å². The van der Waals surface area contributed by atoms with Crippen molar-refractivity contribution < 1.29 is 4.74 Å². The normalized spacial score (nSPS) is 18.2. The molecule has 1 fully saturated rings. The predicted octanol–water partition coefficient (Wildman–Crippen LogP) is 2.77. The fraction of sp³-hybridized carbons (Fsp3) is 0.333. The summed E-state index contributed by atoms with van der Waals surface area (Å²) in [6.45, 7) is 1.98. The summed E-state index contributed by atoms with van der Waals surface area (Å²) < 4.78 is 8.04. The number of rotatable bonds is 3. The van der Waals surface area contributed by atoms with Crippen LogP contribution < -0.4 is 10.1 Å². The van der Waals surface area contributed by atoms with Crippen molar-refractivity contribution in [2.24, 2.45) is 7.05 Å². The van der Waals surface area contributed by atoms with Crippen LogP contribution in [0.3, 0.4) is 0 Å². The van der Waals surface area contributed by atoms with Crippen LogP contribution in [0.4, 0.5) is 0 Å². The van der Waals surface area contributed by atoms with Crippen molar-refractivity contribution >= 4 is 10.8 Å². The number of aromatic nitrogens is 3. The molecule has 1 saturated heterocycles. The third kappa shape index (κ3) is 2.92. The van der Waals surface area contributed by atoms with Crippen LogP contribution in [0, 0.1) is 0 Å². The largest absolute Gasteiger partial charge is 0.487 e. The van der Waals surface area contributed by atoms with E-state index in [1.807, 2.05) is 36.5 Å². The first-order chi connectivity index (χ1) is 11.3. The zero-order chi connectivity index (χ0) is 15.6. The van der Waals surface area contributed by atoms with Crippen molar-refractivity contribution in [3.8, 4) is 16.9 Å². The third-order valence-corrected chi connectivity index (χ3v) is 4.31. The predicted molar refractivity (Wildman–Crippen MR) is 90.5 cm³/mol. The van der Waals surface area contributed by atoms with Crippen LogP contribution in [-0.4, -0.2) is 34.0 Å². The first kappa shape index (κ1) is 14.2. The molecule has 0 radical (unpaired) electrons. The zero-order valence-corrected chi connectivity index (χ0v) is 13.2. The first-order valence-corrected chi connectivity index (χ1v) is 8.04. The van der Waals surface area contributed by atoms with Crippen LogP contribution in [0.1, 0.15) is 12.8 Å². The van der Waals surface area contributed by atoms with Crippen molar-refractivity contribution in [3.63, 3.8) is 0 Å². The monoisotopic (exact) mass is 308 g/mol. The second-order valence-electron chi connectivity index (χ2n) is 6.06. The molecule has 1 aliphatic rings. The minimum absolute atomic E-state index is 0.221. The summed E-state index contributed by atoms with van der Waals surface area (Å²) >= 11 is 0. The summed E-state index contributed by atoms with van der Waals surface area (Å²) in [5, 5.41) is 9.84. The Kier molecular flexibility index (Phi) is 3.71. The van der Waals surface area contributed by atoms with E-state index in [9.17, 15) is 0 Å². The molecule has 1 aromatic carbocycles. The van der Waals surface area contributed by atoms with Gasteiger partial charge in [-0.3, -0.25) is 9.67 Å². The van der Waals surface area contributed by atoms with Gasteiger partial charge in [-0.25, -0.2) is 0 Å². The number of piperidine rings is 1. The number of benzene rings is 1. The average molecular weight is 308 g/mol. The fourth-order valence-electron chi connectivity index (χ4n) is 3.08. The molecule has 2 aromatic heterocycles. The Morgan fingerprint density at radius 1 is 1.22 bits per heavy atom. The SMILES string of the molecule is Cn1cc(-c2ccc3cncc(OC4CCCNC4)c3c2)cn1. The molecule has 1 unspecified atom stereocenters. The maximum Gasteiger partial charge on any atom is 0.145 e. The van der Waals surface area contributed by atoms with Gasteiger partial charge in [0.2, 0.25) is 0 Å². The van der Waals surface area contributed by atoms with Crippen LogP contribution in [0.2, 0.25) is 0 Å². The molecule has 23 heavy (non-hydrogen) atoms. The van der Waals surface area contributed by atoms with Gasteiger partial charge in [-0.05, 0) is 31.0 Å². The minimum Gasteiger partial charge on any atom is -0.487 e. The second kappa shape index (κ2) is 6.01. The molecule has 5 heteroatoms. The molecule has 1 aliphatic heterocycles. The first-order valence-electron chi connectivity index (χ1n) is 8.04. The van der Waals surface area contributed by atoms with Crippen LogP contribution in [0.15, 0.2) is 43.0 Å². The van der Waals surface area contributed by atoms with Crippen LogP contribution in [0.5, 0.6) is 5.75 Å². The van der Waals surface area contributed by atoms with Crippen molar-refractivity contribution in [2.45, 2.75) is 18.9 Å². The van der Waals surface area contributed by atoms with E-state index in [2.05, 4.69) is 33.6 Å². The number of hydrogen-bond acceptors (Lipinski definition) is 4. The van der Waals surface area contributed by atoms with E-state index in [4.69, 9.17) is 4.74 Å². The molecule has 1 N–H and O–H groups in total. The Balaban J connectivity index is 1.72. The molecule has 3 aromatic rings. The van der Waals surface area contributed by atoms with E-state index in [-0.39, 0.29) is 6.10 Å². The summed E-state index contributed by atoms with van der Waals surface area (Å²) in [6.07, 6.45) is 10.1.